The van der Waals surface area contributed by atoms with E-state index in [-0.39, 0.29) is 5.56 Å². The van der Waals surface area contributed by atoms with Gasteiger partial charge in [-0.2, -0.15) is 5.26 Å². The zero-order chi connectivity index (χ0) is 14.8. The van der Waals surface area contributed by atoms with E-state index >= 15 is 0 Å². The van der Waals surface area contributed by atoms with Crippen molar-refractivity contribution in [2.24, 2.45) is 0 Å². The maximum atomic E-state index is 13.6. The molecule has 3 nitrogen and oxygen atoms in total. The molecule has 0 bridgehead atoms. The Balaban J connectivity index is 2.05. The fourth-order valence-electron chi connectivity index (χ4n) is 2.08. The van der Waals surface area contributed by atoms with Crippen molar-refractivity contribution in [3.63, 3.8) is 0 Å². The summed E-state index contributed by atoms with van der Waals surface area (Å²) in [6.07, 6.45) is 1.67. The lowest BCUT2D eigenvalue weighted by atomic mass is 10.1. The van der Waals surface area contributed by atoms with Crippen molar-refractivity contribution in [1.82, 2.24) is 4.98 Å². The Kier molecular flexibility index (Phi) is 3.43. The van der Waals surface area contributed by atoms with E-state index in [4.69, 9.17) is 16.9 Å². The first kappa shape index (κ1) is 13.3. The molecule has 3 aromatic rings. The van der Waals surface area contributed by atoms with Gasteiger partial charge in [-0.15, -0.1) is 0 Å². The van der Waals surface area contributed by atoms with E-state index in [0.29, 0.717) is 16.2 Å². The SMILES string of the molecule is N#Cc1ccc(Nc2ccc(Cl)c3cccnc23)cc1F. The van der Waals surface area contributed by atoms with Crippen molar-refractivity contribution in [2.75, 3.05) is 5.32 Å². The number of nitrogens with zero attached hydrogens (tertiary/aromatic N) is 2. The minimum Gasteiger partial charge on any atom is -0.354 e. The quantitative estimate of drug-likeness (QED) is 0.749. The van der Waals surface area contributed by atoms with Crippen LogP contribution in [0.2, 0.25) is 5.02 Å². The van der Waals surface area contributed by atoms with Gasteiger partial charge >= 0.3 is 0 Å². The van der Waals surface area contributed by atoms with Crippen LogP contribution in [-0.2, 0) is 0 Å². The van der Waals surface area contributed by atoms with Gasteiger partial charge in [-0.3, -0.25) is 4.98 Å². The molecule has 0 saturated heterocycles. The van der Waals surface area contributed by atoms with Gasteiger partial charge in [0.2, 0.25) is 0 Å². The molecule has 5 heteroatoms. The van der Waals surface area contributed by atoms with Crippen LogP contribution in [0.15, 0.2) is 48.7 Å². The van der Waals surface area contributed by atoms with E-state index < -0.39 is 5.82 Å². The number of halogens is 2. The summed E-state index contributed by atoms with van der Waals surface area (Å²) in [5.74, 6) is -0.561. The summed E-state index contributed by atoms with van der Waals surface area (Å²) >= 11 is 6.13. The monoisotopic (exact) mass is 297 g/mol. The van der Waals surface area contributed by atoms with Crippen LogP contribution in [0.5, 0.6) is 0 Å². The molecule has 0 aliphatic carbocycles. The maximum Gasteiger partial charge on any atom is 0.143 e. The fourth-order valence-corrected chi connectivity index (χ4v) is 2.29. The molecule has 21 heavy (non-hydrogen) atoms. The summed E-state index contributed by atoms with van der Waals surface area (Å²) in [4.78, 5) is 4.30. The second kappa shape index (κ2) is 5.39. The summed E-state index contributed by atoms with van der Waals surface area (Å²) in [5.41, 5.74) is 1.98. The number of pyridine rings is 1. The molecule has 102 valence electrons. The first-order chi connectivity index (χ1) is 10.2. The molecular formula is C16H9ClFN3. The smallest absolute Gasteiger partial charge is 0.143 e. The zero-order valence-corrected chi connectivity index (χ0v) is 11.5. The van der Waals surface area contributed by atoms with E-state index in [2.05, 4.69) is 10.3 Å². The molecule has 0 aliphatic heterocycles. The molecule has 0 atom stereocenters. The molecule has 0 unspecified atom stereocenters. The van der Waals surface area contributed by atoms with Crippen LogP contribution in [0.4, 0.5) is 15.8 Å². The standard InChI is InChI=1S/C16H9ClFN3/c17-13-5-6-15(16-12(13)2-1-7-20-16)21-11-4-3-10(9-19)14(18)8-11/h1-8,21H. The Morgan fingerprint density at radius 3 is 2.81 bits per heavy atom. The van der Waals surface area contributed by atoms with E-state index in [1.807, 2.05) is 6.07 Å². The van der Waals surface area contributed by atoms with Crippen LogP contribution in [0.25, 0.3) is 10.9 Å². The minimum absolute atomic E-state index is 0.0136. The number of hydrogen-bond donors (Lipinski definition) is 1. The lowest BCUT2D eigenvalue weighted by Gasteiger charge is -2.10. The van der Waals surface area contributed by atoms with Crippen molar-refractivity contribution < 1.29 is 4.39 Å². The lowest BCUT2D eigenvalue weighted by Crippen LogP contribution is -1.95. The summed E-state index contributed by atoms with van der Waals surface area (Å²) < 4.78 is 13.6. The van der Waals surface area contributed by atoms with Gasteiger partial charge in [-0.25, -0.2) is 4.39 Å². The second-order valence-corrected chi connectivity index (χ2v) is 4.83. The van der Waals surface area contributed by atoms with Crippen LogP contribution in [0, 0.1) is 17.1 Å². The number of fused-ring (bicyclic) bond motifs is 1. The number of nitriles is 1. The molecule has 0 radical (unpaired) electrons. The minimum atomic E-state index is -0.561. The Morgan fingerprint density at radius 1 is 1.19 bits per heavy atom. The number of rotatable bonds is 2. The molecule has 2 aromatic carbocycles. The maximum absolute atomic E-state index is 13.6. The van der Waals surface area contributed by atoms with Crippen molar-refractivity contribution in [1.29, 1.82) is 5.26 Å². The van der Waals surface area contributed by atoms with Gasteiger partial charge in [0.25, 0.3) is 0 Å². The number of aromatic nitrogens is 1. The topological polar surface area (TPSA) is 48.7 Å². The highest BCUT2D eigenvalue weighted by Crippen LogP contribution is 2.30. The van der Waals surface area contributed by atoms with Gasteiger partial charge < -0.3 is 5.32 Å². The average Bonchev–Trinajstić information content (AvgIpc) is 2.51. The van der Waals surface area contributed by atoms with Gasteiger partial charge in [-0.1, -0.05) is 11.6 Å². The zero-order valence-electron chi connectivity index (χ0n) is 10.8. The van der Waals surface area contributed by atoms with Crippen molar-refractivity contribution >= 4 is 33.9 Å². The predicted molar refractivity (Wildman–Crippen MR) is 81.2 cm³/mol. The predicted octanol–water partition coefficient (Wildman–Crippen LogP) is 4.64. The summed E-state index contributed by atoms with van der Waals surface area (Å²) in [5, 5.41) is 13.3. The van der Waals surface area contributed by atoms with Gasteiger partial charge in [0, 0.05) is 17.3 Å². The lowest BCUT2D eigenvalue weighted by molar-refractivity contribution is 0.624. The Hall–Kier alpha value is -2.64. The number of nitrogens with one attached hydrogen (secondary N) is 1. The van der Waals surface area contributed by atoms with Crippen LogP contribution in [-0.4, -0.2) is 4.98 Å². The molecule has 1 aromatic heterocycles. The Bertz CT molecular complexity index is 871. The number of benzene rings is 2. The van der Waals surface area contributed by atoms with E-state index in [0.717, 1.165) is 11.1 Å². The molecule has 3 rings (SSSR count). The third-order valence-electron chi connectivity index (χ3n) is 3.09. The molecule has 0 amide bonds. The summed E-state index contributed by atoms with van der Waals surface area (Å²) in [7, 11) is 0. The molecule has 0 spiro atoms. The van der Waals surface area contributed by atoms with Gasteiger partial charge in [0.1, 0.15) is 11.9 Å². The summed E-state index contributed by atoms with van der Waals surface area (Å²) in [6, 6.07) is 13.4. The number of anilines is 2. The van der Waals surface area contributed by atoms with E-state index in [1.54, 1.807) is 36.5 Å². The third kappa shape index (κ3) is 2.51. The molecule has 1 heterocycles. The van der Waals surface area contributed by atoms with Crippen LogP contribution in [0.3, 0.4) is 0 Å². The largest absolute Gasteiger partial charge is 0.354 e. The van der Waals surface area contributed by atoms with Gasteiger partial charge in [0.05, 0.1) is 21.8 Å². The van der Waals surface area contributed by atoms with Gasteiger partial charge in [-0.05, 0) is 42.5 Å². The summed E-state index contributed by atoms with van der Waals surface area (Å²) in [6.45, 7) is 0. The van der Waals surface area contributed by atoms with Crippen LogP contribution < -0.4 is 5.32 Å². The van der Waals surface area contributed by atoms with Gasteiger partial charge in [0.15, 0.2) is 0 Å². The normalized spacial score (nSPS) is 10.3. The molecule has 1 N–H and O–H groups in total. The Labute approximate surface area is 125 Å². The molecule has 0 saturated carbocycles. The van der Waals surface area contributed by atoms with Crippen LogP contribution >= 0.6 is 11.6 Å². The molecular weight excluding hydrogens is 289 g/mol. The molecule has 0 fully saturated rings. The third-order valence-corrected chi connectivity index (χ3v) is 3.41. The highest BCUT2D eigenvalue weighted by atomic mass is 35.5. The average molecular weight is 298 g/mol. The number of hydrogen-bond acceptors (Lipinski definition) is 3. The van der Waals surface area contributed by atoms with E-state index in [1.165, 1.54) is 12.1 Å². The van der Waals surface area contributed by atoms with E-state index in [9.17, 15) is 4.39 Å². The van der Waals surface area contributed by atoms with Crippen molar-refractivity contribution in [2.45, 2.75) is 0 Å². The first-order valence-electron chi connectivity index (χ1n) is 6.19. The van der Waals surface area contributed by atoms with Crippen molar-refractivity contribution in [3.05, 3.63) is 65.1 Å². The Morgan fingerprint density at radius 2 is 2.05 bits per heavy atom. The van der Waals surface area contributed by atoms with Crippen LogP contribution in [0.1, 0.15) is 5.56 Å². The molecule has 0 aliphatic rings. The van der Waals surface area contributed by atoms with Crippen molar-refractivity contribution in [3.8, 4) is 6.07 Å². The first-order valence-corrected chi connectivity index (χ1v) is 6.57. The highest BCUT2D eigenvalue weighted by Gasteiger charge is 2.07. The fraction of sp³-hybridized carbons (Fsp3) is 0. The highest BCUT2D eigenvalue weighted by molar-refractivity contribution is 6.35. The second-order valence-electron chi connectivity index (χ2n) is 4.43.